The maximum absolute atomic E-state index is 11.1. The molecule has 3 nitrogen and oxygen atoms in total. The van der Waals surface area contributed by atoms with E-state index in [0.29, 0.717) is 18.9 Å². The van der Waals surface area contributed by atoms with E-state index >= 15 is 0 Å². The molecule has 3 heteroatoms. The molecule has 0 aromatic carbocycles. The number of carbonyl (C=O) groups is 1. The summed E-state index contributed by atoms with van der Waals surface area (Å²) in [6, 6.07) is 0. The van der Waals surface area contributed by atoms with Gasteiger partial charge in [-0.25, -0.2) is 0 Å². The predicted octanol–water partition coefficient (Wildman–Crippen LogP) is 5.50. The summed E-state index contributed by atoms with van der Waals surface area (Å²) in [5, 5.41) is 9.77. The predicted molar refractivity (Wildman–Crippen MR) is 99.9 cm³/mol. The van der Waals surface area contributed by atoms with Crippen LogP contribution in [0.25, 0.3) is 0 Å². The SMILES string of the molecule is CCCCCCC1CCCC(CO)C1CCCCCCC(=O)OC. The highest BCUT2D eigenvalue weighted by Crippen LogP contribution is 2.40. The van der Waals surface area contributed by atoms with Crippen molar-refractivity contribution in [3.8, 4) is 0 Å². The number of unbranched alkanes of at least 4 members (excludes halogenated alkanes) is 6. The minimum Gasteiger partial charge on any atom is -0.469 e. The summed E-state index contributed by atoms with van der Waals surface area (Å²) < 4.78 is 4.68. The number of aliphatic hydroxyl groups is 1. The molecule has 0 aromatic rings. The average Bonchev–Trinajstić information content (AvgIpc) is 2.61. The Balaban J connectivity index is 2.28. The van der Waals surface area contributed by atoms with E-state index in [1.807, 2.05) is 0 Å². The summed E-state index contributed by atoms with van der Waals surface area (Å²) in [5.41, 5.74) is 0. The van der Waals surface area contributed by atoms with Gasteiger partial charge in [0.25, 0.3) is 0 Å². The third kappa shape index (κ3) is 8.50. The van der Waals surface area contributed by atoms with Crippen molar-refractivity contribution in [2.24, 2.45) is 17.8 Å². The van der Waals surface area contributed by atoms with E-state index in [1.54, 1.807) is 0 Å². The smallest absolute Gasteiger partial charge is 0.305 e. The molecule has 0 aromatic heterocycles. The lowest BCUT2D eigenvalue weighted by Crippen LogP contribution is -2.30. The summed E-state index contributed by atoms with van der Waals surface area (Å²) in [7, 11) is 1.46. The van der Waals surface area contributed by atoms with Gasteiger partial charge in [-0.05, 0) is 37.0 Å². The first kappa shape index (κ1) is 21.5. The standard InChI is InChI=1S/C21H40O3/c1-3-4-5-8-12-18-13-11-14-19(17-22)20(18)15-9-6-7-10-16-21(23)24-2/h18-20,22H,3-17H2,1-2H3. The van der Waals surface area contributed by atoms with Crippen molar-refractivity contribution in [3.05, 3.63) is 0 Å². The quantitative estimate of drug-likeness (QED) is 0.356. The van der Waals surface area contributed by atoms with Crippen LogP contribution in [0.15, 0.2) is 0 Å². The minimum atomic E-state index is -0.0882. The maximum atomic E-state index is 11.1. The second-order valence-corrected chi connectivity index (χ2v) is 7.68. The Morgan fingerprint density at radius 3 is 2.33 bits per heavy atom. The molecule has 1 saturated carbocycles. The highest BCUT2D eigenvalue weighted by Gasteiger charge is 2.31. The Kier molecular flexibility index (Phi) is 12.2. The number of hydrogen-bond acceptors (Lipinski definition) is 3. The minimum absolute atomic E-state index is 0.0882. The molecule has 3 unspecified atom stereocenters. The van der Waals surface area contributed by atoms with Crippen LogP contribution in [0.3, 0.4) is 0 Å². The number of methoxy groups -OCH3 is 1. The Hall–Kier alpha value is -0.570. The third-order valence-corrected chi connectivity index (χ3v) is 5.92. The lowest BCUT2D eigenvalue weighted by Gasteiger charge is -2.38. The average molecular weight is 341 g/mol. The topological polar surface area (TPSA) is 46.5 Å². The van der Waals surface area contributed by atoms with Crippen LogP contribution < -0.4 is 0 Å². The Labute approximate surface area is 149 Å². The van der Waals surface area contributed by atoms with Crippen molar-refractivity contribution in [2.45, 2.75) is 96.8 Å². The van der Waals surface area contributed by atoms with Crippen LogP contribution in [0.4, 0.5) is 0 Å². The molecule has 1 aliphatic carbocycles. The fourth-order valence-corrected chi connectivity index (χ4v) is 4.45. The van der Waals surface area contributed by atoms with E-state index in [2.05, 4.69) is 11.7 Å². The zero-order valence-corrected chi connectivity index (χ0v) is 16.1. The summed E-state index contributed by atoms with van der Waals surface area (Å²) >= 11 is 0. The molecule has 0 saturated heterocycles. The molecule has 1 rings (SSSR count). The Morgan fingerprint density at radius 1 is 0.958 bits per heavy atom. The van der Waals surface area contributed by atoms with Gasteiger partial charge in [0.2, 0.25) is 0 Å². The Bertz CT molecular complexity index is 316. The summed E-state index contributed by atoms with van der Waals surface area (Å²) in [6.07, 6.45) is 17.0. The lowest BCUT2D eigenvalue weighted by atomic mass is 9.68. The van der Waals surface area contributed by atoms with Crippen molar-refractivity contribution in [3.63, 3.8) is 0 Å². The third-order valence-electron chi connectivity index (χ3n) is 5.92. The van der Waals surface area contributed by atoms with Crippen LogP contribution in [-0.2, 0) is 9.53 Å². The van der Waals surface area contributed by atoms with E-state index < -0.39 is 0 Å². The molecule has 0 bridgehead atoms. The van der Waals surface area contributed by atoms with Crippen molar-refractivity contribution >= 4 is 5.97 Å². The van der Waals surface area contributed by atoms with Gasteiger partial charge in [0.1, 0.15) is 0 Å². The Morgan fingerprint density at radius 2 is 1.62 bits per heavy atom. The van der Waals surface area contributed by atoms with Crippen molar-refractivity contribution in [1.82, 2.24) is 0 Å². The number of hydrogen-bond donors (Lipinski definition) is 1. The number of esters is 1. The first-order valence-corrected chi connectivity index (χ1v) is 10.4. The largest absolute Gasteiger partial charge is 0.469 e. The second kappa shape index (κ2) is 13.7. The molecule has 142 valence electrons. The van der Waals surface area contributed by atoms with Gasteiger partial charge in [-0.15, -0.1) is 0 Å². The van der Waals surface area contributed by atoms with Crippen molar-refractivity contribution < 1.29 is 14.6 Å². The molecule has 0 heterocycles. The van der Waals surface area contributed by atoms with Crippen LogP contribution in [0.1, 0.15) is 96.8 Å². The molecule has 24 heavy (non-hydrogen) atoms. The molecular formula is C21H40O3. The van der Waals surface area contributed by atoms with Gasteiger partial charge in [-0.3, -0.25) is 4.79 Å². The maximum Gasteiger partial charge on any atom is 0.305 e. The van der Waals surface area contributed by atoms with E-state index in [9.17, 15) is 9.90 Å². The normalized spacial score (nSPS) is 24.0. The van der Waals surface area contributed by atoms with E-state index in [-0.39, 0.29) is 5.97 Å². The monoisotopic (exact) mass is 340 g/mol. The summed E-state index contributed by atoms with van der Waals surface area (Å²) in [4.78, 5) is 11.1. The summed E-state index contributed by atoms with van der Waals surface area (Å²) in [6.45, 7) is 2.64. The second-order valence-electron chi connectivity index (χ2n) is 7.68. The van der Waals surface area contributed by atoms with E-state index in [1.165, 1.54) is 77.7 Å². The molecule has 0 radical (unpaired) electrons. The molecule has 1 aliphatic rings. The van der Waals surface area contributed by atoms with Crippen LogP contribution in [0.5, 0.6) is 0 Å². The van der Waals surface area contributed by atoms with Crippen molar-refractivity contribution in [2.75, 3.05) is 13.7 Å². The number of aliphatic hydroxyl groups excluding tert-OH is 1. The van der Waals surface area contributed by atoms with Gasteiger partial charge < -0.3 is 9.84 Å². The van der Waals surface area contributed by atoms with Crippen LogP contribution >= 0.6 is 0 Å². The molecular weight excluding hydrogens is 300 g/mol. The van der Waals surface area contributed by atoms with E-state index in [0.717, 1.165) is 24.7 Å². The van der Waals surface area contributed by atoms with Crippen LogP contribution in [0.2, 0.25) is 0 Å². The van der Waals surface area contributed by atoms with Gasteiger partial charge in [0.05, 0.1) is 7.11 Å². The van der Waals surface area contributed by atoms with Gasteiger partial charge in [-0.2, -0.15) is 0 Å². The molecule has 3 atom stereocenters. The molecule has 1 fully saturated rings. The first-order valence-electron chi connectivity index (χ1n) is 10.4. The van der Waals surface area contributed by atoms with Gasteiger partial charge >= 0.3 is 5.97 Å². The molecule has 0 amide bonds. The number of ether oxygens (including phenoxy) is 1. The molecule has 0 aliphatic heterocycles. The fraction of sp³-hybridized carbons (Fsp3) is 0.952. The van der Waals surface area contributed by atoms with Crippen LogP contribution in [-0.4, -0.2) is 24.8 Å². The zero-order valence-electron chi connectivity index (χ0n) is 16.1. The van der Waals surface area contributed by atoms with Gasteiger partial charge in [0.15, 0.2) is 0 Å². The summed E-state index contributed by atoms with van der Waals surface area (Å²) in [5.74, 6) is 2.01. The van der Waals surface area contributed by atoms with Crippen LogP contribution in [0, 0.1) is 17.8 Å². The molecule has 1 N–H and O–H groups in total. The lowest BCUT2D eigenvalue weighted by molar-refractivity contribution is -0.140. The zero-order chi connectivity index (χ0) is 17.6. The van der Waals surface area contributed by atoms with Gasteiger partial charge in [0, 0.05) is 13.0 Å². The first-order chi connectivity index (χ1) is 11.7. The van der Waals surface area contributed by atoms with Gasteiger partial charge in [-0.1, -0.05) is 71.1 Å². The number of rotatable bonds is 13. The van der Waals surface area contributed by atoms with Crippen molar-refractivity contribution in [1.29, 1.82) is 0 Å². The van der Waals surface area contributed by atoms with E-state index in [4.69, 9.17) is 0 Å². The molecule has 0 spiro atoms. The highest BCUT2D eigenvalue weighted by atomic mass is 16.5. The number of carbonyl (C=O) groups excluding carboxylic acids is 1. The highest BCUT2D eigenvalue weighted by molar-refractivity contribution is 5.68. The fourth-order valence-electron chi connectivity index (χ4n) is 4.45.